The summed E-state index contributed by atoms with van der Waals surface area (Å²) >= 11 is 0. The van der Waals surface area contributed by atoms with Gasteiger partial charge in [0.1, 0.15) is 11.5 Å². The van der Waals surface area contributed by atoms with Crippen LogP contribution in [0, 0.1) is 24.7 Å². The van der Waals surface area contributed by atoms with Crippen LogP contribution >= 0.6 is 0 Å². The van der Waals surface area contributed by atoms with E-state index in [4.69, 9.17) is 4.74 Å². The van der Waals surface area contributed by atoms with E-state index in [1.54, 1.807) is 0 Å². The number of nitrogens with one attached hydrogen (secondary N) is 1. The summed E-state index contributed by atoms with van der Waals surface area (Å²) in [5, 5.41) is 16.8. The summed E-state index contributed by atoms with van der Waals surface area (Å²) in [5.41, 5.74) is 3.03. The van der Waals surface area contributed by atoms with Crippen molar-refractivity contribution in [3.05, 3.63) is 23.9 Å². The molecule has 2 saturated heterocycles. The third kappa shape index (κ3) is 4.03. The lowest BCUT2D eigenvalue weighted by Crippen LogP contribution is -2.32. The van der Waals surface area contributed by atoms with Gasteiger partial charge >= 0.3 is 0 Å². The van der Waals surface area contributed by atoms with E-state index >= 15 is 0 Å². The van der Waals surface area contributed by atoms with E-state index in [0.717, 1.165) is 53.7 Å². The smallest absolute Gasteiger partial charge is 0.148 e. The van der Waals surface area contributed by atoms with E-state index in [2.05, 4.69) is 38.5 Å². The van der Waals surface area contributed by atoms with Crippen molar-refractivity contribution in [2.75, 3.05) is 38.2 Å². The number of rotatable bonds is 5. The Morgan fingerprint density at radius 3 is 2.48 bits per heavy atom. The maximum absolute atomic E-state index is 5.51. The predicted molar refractivity (Wildman–Crippen MR) is 113 cm³/mol. The fourth-order valence-corrected chi connectivity index (χ4v) is 5.62. The topological polar surface area (TPSA) is 68.1 Å². The van der Waals surface area contributed by atoms with Gasteiger partial charge in [-0.2, -0.15) is 5.10 Å². The monoisotopic (exact) mass is 396 g/mol. The molecule has 3 fully saturated rings. The van der Waals surface area contributed by atoms with Gasteiger partial charge in [0.05, 0.1) is 11.9 Å². The van der Waals surface area contributed by atoms with E-state index in [9.17, 15) is 0 Å². The fourth-order valence-electron chi connectivity index (χ4n) is 5.62. The van der Waals surface area contributed by atoms with Crippen LogP contribution in [0.1, 0.15) is 31.2 Å². The minimum absolute atomic E-state index is 0.522. The van der Waals surface area contributed by atoms with Crippen molar-refractivity contribution >= 4 is 5.82 Å². The molecule has 2 aromatic rings. The van der Waals surface area contributed by atoms with Gasteiger partial charge in [0.15, 0.2) is 0 Å². The zero-order valence-electron chi connectivity index (χ0n) is 17.5. The second-order valence-corrected chi connectivity index (χ2v) is 9.21. The van der Waals surface area contributed by atoms with Gasteiger partial charge in [-0.3, -0.25) is 4.68 Å². The number of likely N-dealkylation sites (tertiary alicyclic amines) is 1. The van der Waals surface area contributed by atoms with Gasteiger partial charge in [-0.25, -0.2) is 0 Å². The van der Waals surface area contributed by atoms with E-state index in [0.29, 0.717) is 6.04 Å². The van der Waals surface area contributed by atoms with Crippen molar-refractivity contribution in [1.29, 1.82) is 0 Å². The maximum atomic E-state index is 5.51. The van der Waals surface area contributed by atoms with Crippen LogP contribution in [0.3, 0.4) is 0 Å². The maximum Gasteiger partial charge on any atom is 0.148 e. The van der Waals surface area contributed by atoms with Crippen LogP contribution in [0.5, 0.6) is 0 Å². The van der Waals surface area contributed by atoms with Crippen LogP contribution < -0.4 is 5.32 Å². The molecule has 3 atom stereocenters. The number of anilines is 1. The van der Waals surface area contributed by atoms with Crippen LogP contribution in [0.25, 0.3) is 11.4 Å². The number of fused-ring (bicyclic) bond motifs is 1. The Kier molecular flexibility index (Phi) is 5.26. The van der Waals surface area contributed by atoms with Crippen LogP contribution in [0.15, 0.2) is 18.3 Å². The van der Waals surface area contributed by atoms with E-state index < -0.39 is 0 Å². The molecule has 7 nitrogen and oxygen atoms in total. The molecule has 29 heavy (non-hydrogen) atoms. The van der Waals surface area contributed by atoms with Crippen molar-refractivity contribution in [3.63, 3.8) is 0 Å². The zero-order valence-corrected chi connectivity index (χ0v) is 17.5. The number of nitrogens with zero attached hydrogens (tertiary/aromatic N) is 5. The first-order valence-corrected chi connectivity index (χ1v) is 11.0. The summed E-state index contributed by atoms with van der Waals surface area (Å²) in [6, 6.07) is 4.62. The molecule has 1 aliphatic carbocycles. The second-order valence-electron chi connectivity index (χ2n) is 9.21. The van der Waals surface area contributed by atoms with E-state index in [1.807, 2.05) is 24.0 Å². The minimum Gasteiger partial charge on any atom is -0.381 e. The molecule has 7 heteroatoms. The molecule has 0 aromatic carbocycles. The van der Waals surface area contributed by atoms with Gasteiger partial charge in [0.2, 0.25) is 0 Å². The Morgan fingerprint density at radius 2 is 1.86 bits per heavy atom. The third-order valence-electron chi connectivity index (χ3n) is 7.06. The Bertz CT molecular complexity index is 795. The molecule has 3 aliphatic rings. The molecular weight excluding hydrogens is 364 g/mol. The van der Waals surface area contributed by atoms with Crippen molar-refractivity contribution in [2.24, 2.45) is 24.8 Å². The number of hydrogen-bond donors (Lipinski definition) is 1. The molecule has 1 saturated carbocycles. The highest BCUT2D eigenvalue weighted by Gasteiger charge is 2.41. The van der Waals surface area contributed by atoms with Crippen LogP contribution in [0.2, 0.25) is 0 Å². The Morgan fingerprint density at radius 1 is 1.10 bits per heavy atom. The van der Waals surface area contributed by atoms with Gasteiger partial charge in [-0.05, 0) is 68.1 Å². The Labute approximate surface area is 172 Å². The molecule has 4 heterocycles. The number of aromatic nitrogens is 4. The first kappa shape index (κ1) is 19.0. The molecule has 1 unspecified atom stereocenters. The minimum atomic E-state index is 0.522. The summed E-state index contributed by atoms with van der Waals surface area (Å²) in [7, 11) is 1.94. The average Bonchev–Trinajstić information content (AvgIpc) is 3.36. The highest BCUT2D eigenvalue weighted by molar-refractivity contribution is 5.59. The van der Waals surface area contributed by atoms with Crippen LogP contribution in [0.4, 0.5) is 5.82 Å². The van der Waals surface area contributed by atoms with E-state index in [1.165, 1.54) is 45.3 Å². The van der Waals surface area contributed by atoms with Crippen molar-refractivity contribution in [1.82, 2.24) is 24.9 Å². The molecule has 156 valence electrons. The van der Waals surface area contributed by atoms with Crippen molar-refractivity contribution in [3.8, 4) is 11.4 Å². The SMILES string of the molecule is Cc1cnn(C)c1-c1ccc(NC2C[C@@H]3CN(CC4CCOCC4)C[C@@H]3C2)nn1. The molecule has 0 bridgehead atoms. The lowest BCUT2D eigenvalue weighted by atomic mass is 10.00. The van der Waals surface area contributed by atoms with Gasteiger partial charge < -0.3 is 15.0 Å². The quantitative estimate of drug-likeness (QED) is 0.838. The largest absolute Gasteiger partial charge is 0.381 e. The normalized spacial score (nSPS) is 28.0. The second kappa shape index (κ2) is 8.03. The summed E-state index contributed by atoms with van der Waals surface area (Å²) in [5.74, 6) is 3.39. The molecule has 5 rings (SSSR count). The number of hydrogen-bond acceptors (Lipinski definition) is 6. The van der Waals surface area contributed by atoms with Crippen molar-refractivity contribution < 1.29 is 4.74 Å². The van der Waals surface area contributed by atoms with Crippen LogP contribution in [-0.2, 0) is 11.8 Å². The highest BCUT2D eigenvalue weighted by Crippen LogP contribution is 2.39. The number of ether oxygens (including phenoxy) is 1. The zero-order chi connectivity index (χ0) is 19.8. The summed E-state index contributed by atoms with van der Waals surface area (Å²) in [6.45, 7) is 7.78. The van der Waals surface area contributed by atoms with Gasteiger partial charge in [-0.1, -0.05) is 0 Å². The lowest BCUT2D eigenvalue weighted by Gasteiger charge is -2.27. The van der Waals surface area contributed by atoms with Crippen LogP contribution in [-0.4, -0.2) is 63.8 Å². The van der Waals surface area contributed by atoms with Gasteiger partial charge in [-0.15, -0.1) is 10.2 Å². The summed E-state index contributed by atoms with van der Waals surface area (Å²) in [4.78, 5) is 2.71. The van der Waals surface area contributed by atoms with Crippen molar-refractivity contribution in [2.45, 2.75) is 38.6 Å². The Hall–Kier alpha value is -1.99. The summed E-state index contributed by atoms with van der Waals surface area (Å²) in [6.07, 6.45) is 6.84. The third-order valence-corrected chi connectivity index (χ3v) is 7.06. The number of aryl methyl sites for hydroxylation is 2. The first-order valence-electron chi connectivity index (χ1n) is 11.0. The first-order chi connectivity index (χ1) is 14.2. The molecule has 1 N–H and O–H groups in total. The molecule has 0 spiro atoms. The lowest BCUT2D eigenvalue weighted by molar-refractivity contribution is 0.0545. The standard InChI is InChI=1S/C22H32N6O/c1-15-11-23-27(2)22(15)20-3-4-21(26-25-20)24-19-9-17-13-28(14-18(17)10-19)12-16-5-7-29-8-6-16/h3-4,11,16-19H,5-10,12-14H2,1-2H3,(H,24,26)/t17-,18+,19?. The fraction of sp³-hybridized carbons (Fsp3) is 0.682. The molecule has 2 aliphatic heterocycles. The molecule has 2 aromatic heterocycles. The van der Waals surface area contributed by atoms with E-state index in [-0.39, 0.29) is 0 Å². The molecule has 0 amide bonds. The Balaban J connectivity index is 1.14. The van der Waals surface area contributed by atoms with Gasteiger partial charge in [0, 0.05) is 45.9 Å². The van der Waals surface area contributed by atoms with Gasteiger partial charge in [0.25, 0.3) is 0 Å². The average molecular weight is 397 g/mol. The predicted octanol–water partition coefficient (Wildman–Crippen LogP) is 2.73. The highest BCUT2D eigenvalue weighted by atomic mass is 16.5. The molecular formula is C22H32N6O. The molecule has 0 radical (unpaired) electrons. The summed E-state index contributed by atoms with van der Waals surface area (Å²) < 4.78 is 7.37.